The van der Waals surface area contributed by atoms with Gasteiger partial charge in [0, 0.05) is 18.4 Å². The Hall–Kier alpha value is -4.20. The number of fused-ring (bicyclic) bond motifs is 1. The third-order valence-corrected chi connectivity index (χ3v) is 6.15. The van der Waals surface area contributed by atoms with Gasteiger partial charge >= 0.3 is 6.09 Å². The fourth-order valence-electron chi connectivity index (χ4n) is 4.47. The van der Waals surface area contributed by atoms with Crippen molar-refractivity contribution in [2.45, 2.75) is 31.3 Å². The summed E-state index contributed by atoms with van der Waals surface area (Å²) in [6, 6.07) is 6.01. The van der Waals surface area contributed by atoms with Crippen LogP contribution in [0.25, 0.3) is 5.69 Å². The summed E-state index contributed by atoms with van der Waals surface area (Å²) in [6.45, 7) is 0. The number of nitrogens with zero attached hydrogens (tertiary/aromatic N) is 5. The lowest BCUT2D eigenvalue weighted by molar-refractivity contribution is 0.183. The second-order valence-electron chi connectivity index (χ2n) is 8.37. The Kier molecular flexibility index (Phi) is 5.26. The smallest absolute Gasteiger partial charge is 0.404 e. The molecule has 1 amide bonds. The number of rotatable bonds is 6. The van der Waals surface area contributed by atoms with Crippen LogP contribution in [0, 0.1) is 29.0 Å². The second kappa shape index (κ2) is 8.38. The molecule has 4 atom stereocenters. The van der Waals surface area contributed by atoms with Crippen molar-refractivity contribution in [3.05, 3.63) is 54.4 Å². The van der Waals surface area contributed by atoms with Crippen LogP contribution in [0.2, 0.25) is 0 Å². The van der Waals surface area contributed by atoms with Crippen molar-refractivity contribution in [2.24, 2.45) is 11.8 Å². The zero-order valence-corrected chi connectivity index (χ0v) is 17.4. The van der Waals surface area contributed by atoms with Gasteiger partial charge in [0.05, 0.1) is 35.4 Å². The quantitative estimate of drug-likeness (QED) is 0.450. The van der Waals surface area contributed by atoms with Crippen LogP contribution < -0.4 is 16.0 Å². The van der Waals surface area contributed by atoms with E-state index in [1.54, 1.807) is 41.6 Å². The molecule has 2 aliphatic carbocycles. The van der Waals surface area contributed by atoms with E-state index in [9.17, 15) is 19.6 Å². The first-order valence-electron chi connectivity index (χ1n) is 10.6. The summed E-state index contributed by atoms with van der Waals surface area (Å²) in [6.07, 6.45) is 8.02. The van der Waals surface area contributed by atoms with E-state index in [2.05, 4.69) is 31.0 Å². The SMILES string of the molecule is N#Cc1cc(F)c(N[C@H]2CC3CC3C[C@@H]2NC(=O)O)nc1Nc1cncc(-n2cccn2)c1. The summed E-state index contributed by atoms with van der Waals surface area (Å²) in [5.74, 6) is 0.500. The fraction of sp³-hybridized carbons (Fsp3) is 0.318. The molecule has 0 bridgehead atoms. The van der Waals surface area contributed by atoms with Gasteiger partial charge in [-0.1, -0.05) is 0 Å². The third-order valence-electron chi connectivity index (χ3n) is 6.15. The van der Waals surface area contributed by atoms with Crippen molar-refractivity contribution in [1.82, 2.24) is 25.1 Å². The van der Waals surface area contributed by atoms with E-state index < -0.39 is 11.9 Å². The van der Waals surface area contributed by atoms with E-state index in [0.29, 0.717) is 29.6 Å². The molecule has 2 aliphatic rings. The largest absolute Gasteiger partial charge is 0.465 e. The van der Waals surface area contributed by atoms with Crippen molar-refractivity contribution in [1.29, 1.82) is 5.26 Å². The highest BCUT2D eigenvalue weighted by Crippen LogP contribution is 2.50. The molecule has 3 heterocycles. The standard InChI is InChI=1S/C22H21FN8O2/c23-17-5-14(9-24)20(27-15-8-16(11-25-10-15)31-3-1-2-26-31)30-21(17)28-18-6-12-4-13(12)7-19(18)29-22(32)33/h1-3,5,8,10-13,18-19,29H,4,6-7H2,(H,32,33)(H2,27,28,30)/t12?,13?,18-,19-/m0/s1. The van der Waals surface area contributed by atoms with Crippen molar-refractivity contribution < 1.29 is 14.3 Å². The Morgan fingerprint density at radius 3 is 2.73 bits per heavy atom. The molecule has 0 radical (unpaired) electrons. The summed E-state index contributed by atoms with van der Waals surface area (Å²) >= 11 is 0. The van der Waals surface area contributed by atoms with Crippen LogP contribution in [0.5, 0.6) is 0 Å². The molecule has 4 N–H and O–H groups in total. The highest BCUT2D eigenvalue weighted by atomic mass is 19.1. The van der Waals surface area contributed by atoms with E-state index in [1.165, 1.54) is 0 Å². The average molecular weight is 448 g/mol. The van der Waals surface area contributed by atoms with Gasteiger partial charge in [0.25, 0.3) is 0 Å². The summed E-state index contributed by atoms with van der Waals surface area (Å²) < 4.78 is 16.4. The van der Waals surface area contributed by atoms with E-state index >= 15 is 0 Å². The lowest BCUT2D eigenvalue weighted by Gasteiger charge is -2.32. The van der Waals surface area contributed by atoms with E-state index in [1.807, 2.05) is 6.07 Å². The normalized spacial score (nSPS) is 23.2. The zero-order valence-electron chi connectivity index (χ0n) is 17.4. The molecular weight excluding hydrogens is 427 g/mol. The van der Waals surface area contributed by atoms with Gasteiger partial charge in [-0.2, -0.15) is 10.4 Å². The first-order valence-corrected chi connectivity index (χ1v) is 10.6. The first kappa shape index (κ1) is 20.7. The maximum Gasteiger partial charge on any atom is 0.404 e. The number of aromatic nitrogens is 4. The molecule has 3 aromatic rings. The summed E-state index contributed by atoms with van der Waals surface area (Å²) in [4.78, 5) is 19.7. The van der Waals surface area contributed by atoms with Crippen LogP contribution in [0.1, 0.15) is 24.8 Å². The van der Waals surface area contributed by atoms with E-state index in [-0.39, 0.29) is 29.3 Å². The van der Waals surface area contributed by atoms with Crippen LogP contribution in [0.3, 0.4) is 0 Å². The summed E-state index contributed by atoms with van der Waals surface area (Å²) in [5.41, 5.74) is 1.29. The monoisotopic (exact) mass is 448 g/mol. The van der Waals surface area contributed by atoms with Crippen LogP contribution in [0.15, 0.2) is 43.0 Å². The number of carbonyl (C=O) groups is 1. The molecule has 0 aliphatic heterocycles. The topological polar surface area (TPSA) is 141 Å². The number of pyridine rings is 2. The van der Waals surface area contributed by atoms with Gasteiger partial charge in [-0.05, 0) is 49.3 Å². The maximum atomic E-state index is 14.8. The predicted octanol–water partition coefficient (Wildman–Crippen LogP) is 3.26. The van der Waals surface area contributed by atoms with Gasteiger partial charge in [-0.25, -0.2) is 18.9 Å². The molecule has 5 rings (SSSR count). The van der Waals surface area contributed by atoms with Gasteiger partial charge in [-0.15, -0.1) is 0 Å². The number of halogens is 1. The summed E-state index contributed by atoms with van der Waals surface area (Å²) in [7, 11) is 0. The Morgan fingerprint density at radius 1 is 1.18 bits per heavy atom. The minimum Gasteiger partial charge on any atom is -0.465 e. The van der Waals surface area contributed by atoms with Gasteiger partial charge in [-0.3, -0.25) is 4.98 Å². The molecule has 10 nitrogen and oxygen atoms in total. The number of nitrogens with one attached hydrogen (secondary N) is 3. The maximum absolute atomic E-state index is 14.8. The number of amides is 1. The predicted molar refractivity (Wildman–Crippen MR) is 117 cm³/mol. The van der Waals surface area contributed by atoms with Crippen molar-refractivity contribution in [3.8, 4) is 11.8 Å². The number of hydrogen-bond donors (Lipinski definition) is 4. The van der Waals surface area contributed by atoms with Crippen LogP contribution in [-0.4, -0.2) is 43.0 Å². The van der Waals surface area contributed by atoms with Crippen molar-refractivity contribution in [3.63, 3.8) is 0 Å². The second-order valence-corrected chi connectivity index (χ2v) is 8.37. The van der Waals surface area contributed by atoms with Gasteiger partial charge in [0.15, 0.2) is 17.5 Å². The van der Waals surface area contributed by atoms with Crippen LogP contribution >= 0.6 is 0 Å². The van der Waals surface area contributed by atoms with E-state index in [4.69, 9.17) is 0 Å². The number of carboxylic acid groups (broad SMARTS) is 1. The lowest BCUT2D eigenvalue weighted by atomic mass is 9.90. The molecule has 11 heteroatoms. The molecule has 2 saturated carbocycles. The van der Waals surface area contributed by atoms with Crippen molar-refractivity contribution in [2.75, 3.05) is 10.6 Å². The first-order chi connectivity index (χ1) is 16.0. The number of hydrogen-bond acceptors (Lipinski definition) is 7. The Morgan fingerprint density at radius 2 is 2.00 bits per heavy atom. The molecule has 2 fully saturated rings. The Balaban J connectivity index is 1.40. The Labute approximate surface area is 188 Å². The third kappa shape index (κ3) is 4.41. The molecule has 0 saturated heterocycles. The van der Waals surface area contributed by atoms with Crippen LogP contribution in [-0.2, 0) is 0 Å². The highest BCUT2D eigenvalue weighted by Gasteiger charge is 2.47. The molecule has 0 aromatic carbocycles. The van der Waals surface area contributed by atoms with Gasteiger partial charge < -0.3 is 21.1 Å². The molecule has 168 valence electrons. The van der Waals surface area contributed by atoms with Crippen molar-refractivity contribution >= 4 is 23.4 Å². The zero-order chi connectivity index (χ0) is 22.9. The van der Waals surface area contributed by atoms with E-state index in [0.717, 1.165) is 18.9 Å². The van der Waals surface area contributed by atoms with Gasteiger partial charge in [0.1, 0.15) is 6.07 Å². The molecular formula is C22H21FN8O2. The molecule has 0 spiro atoms. The minimum atomic E-state index is -1.11. The minimum absolute atomic E-state index is 0.0334. The fourth-order valence-corrected chi connectivity index (χ4v) is 4.47. The molecule has 3 aromatic heterocycles. The summed E-state index contributed by atoms with van der Waals surface area (Å²) in [5, 5.41) is 31.5. The molecule has 33 heavy (non-hydrogen) atoms. The Bertz CT molecular complexity index is 1230. The lowest BCUT2D eigenvalue weighted by Crippen LogP contribution is -2.49. The highest BCUT2D eigenvalue weighted by molar-refractivity contribution is 5.67. The number of anilines is 3. The average Bonchev–Trinajstić information content (AvgIpc) is 3.31. The van der Waals surface area contributed by atoms with Gasteiger partial charge in [0.2, 0.25) is 0 Å². The van der Waals surface area contributed by atoms with Crippen LogP contribution in [0.4, 0.5) is 26.5 Å². The molecule has 2 unspecified atom stereocenters. The number of nitriles is 1.